The number of methoxy groups -OCH3 is 1. The molecule has 2 atom stereocenters. The van der Waals surface area contributed by atoms with Crippen LogP contribution in [0.3, 0.4) is 0 Å². The molecule has 4 heteroatoms. The Balaban J connectivity index is 1.91. The normalized spacial score (nSPS) is 13.0. The van der Waals surface area contributed by atoms with Gasteiger partial charge in [0.05, 0.1) is 19.6 Å². The van der Waals surface area contributed by atoms with Gasteiger partial charge in [-0.25, -0.2) is 0 Å². The Morgan fingerprint density at radius 1 is 0.800 bits per heavy atom. The number of ether oxygens (including phenoxy) is 1. The van der Waals surface area contributed by atoms with Crippen LogP contribution in [0.4, 0.5) is 0 Å². The van der Waals surface area contributed by atoms with Crippen molar-refractivity contribution in [3.63, 3.8) is 0 Å². The van der Waals surface area contributed by atoms with Crippen LogP contribution in [-0.4, -0.2) is 35.2 Å². The van der Waals surface area contributed by atoms with E-state index in [0.29, 0.717) is 19.5 Å². The highest BCUT2D eigenvalue weighted by molar-refractivity contribution is 5.69. The number of hydrogen-bond donors (Lipinski definition) is 1. The van der Waals surface area contributed by atoms with Crippen LogP contribution in [0, 0.1) is 0 Å². The summed E-state index contributed by atoms with van der Waals surface area (Å²) in [5, 5.41) is 11.1. The maximum absolute atomic E-state index is 11.9. The van der Waals surface area contributed by atoms with E-state index in [1.165, 1.54) is 7.11 Å². The van der Waals surface area contributed by atoms with Crippen LogP contribution in [0.5, 0.6) is 0 Å². The van der Waals surface area contributed by atoms with E-state index in [2.05, 4.69) is 41.3 Å². The third-order valence-corrected chi connectivity index (χ3v) is 5.26. The first-order valence-electron chi connectivity index (χ1n) is 10.3. The van der Waals surface area contributed by atoms with Gasteiger partial charge in [-0.2, -0.15) is 0 Å². The molecule has 4 nitrogen and oxygen atoms in total. The van der Waals surface area contributed by atoms with Gasteiger partial charge in [0.2, 0.25) is 0 Å². The predicted octanol–water partition coefficient (Wildman–Crippen LogP) is 4.22. The summed E-state index contributed by atoms with van der Waals surface area (Å²) in [5.74, 6) is -0.403. The summed E-state index contributed by atoms with van der Waals surface area (Å²) in [4.78, 5) is 14.2. The molecule has 0 aliphatic heterocycles. The number of aliphatic hydroxyl groups is 1. The predicted molar refractivity (Wildman–Crippen MR) is 119 cm³/mol. The lowest BCUT2D eigenvalue weighted by Gasteiger charge is -2.35. The maximum atomic E-state index is 11.9. The molecule has 0 amide bonds. The second kappa shape index (κ2) is 11.3. The molecule has 0 spiro atoms. The summed E-state index contributed by atoms with van der Waals surface area (Å²) < 4.78 is 4.82. The van der Waals surface area contributed by atoms with E-state index in [-0.39, 0.29) is 12.5 Å². The van der Waals surface area contributed by atoms with Crippen molar-refractivity contribution >= 4 is 5.97 Å². The van der Waals surface area contributed by atoms with Crippen molar-refractivity contribution in [3.05, 3.63) is 108 Å². The Morgan fingerprint density at radius 2 is 1.23 bits per heavy atom. The molecule has 0 aliphatic carbocycles. The number of rotatable bonds is 10. The smallest absolute Gasteiger partial charge is 0.308 e. The average molecular weight is 404 g/mol. The highest BCUT2D eigenvalue weighted by Crippen LogP contribution is 2.21. The van der Waals surface area contributed by atoms with Crippen LogP contribution in [0.15, 0.2) is 91.0 Å². The molecule has 0 aliphatic rings. The van der Waals surface area contributed by atoms with Crippen molar-refractivity contribution in [1.29, 1.82) is 0 Å². The molecule has 0 heterocycles. The van der Waals surface area contributed by atoms with Crippen LogP contribution in [0.2, 0.25) is 0 Å². The van der Waals surface area contributed by atoms with Gasteiger partial charge in [0.25, 0.3) is 0 Å². The molecule has 0 bridgehead atoms. The summed E-state index contributed by atoms with van der Waals surface area (Å²) in [6.07, 6.45) is -0.239. The standard InChI is InChI=1S/C26H29NO3/c1-30-26(29)18-25(28)24(17-21-11-5-2-6-12-21)27(19-22-13-7-3-8-14-22)20-23-15-9-4-10-16-23/h2-16,24-25,28H,17-20H2,1H3/t24-,25+/m0/s1. The van der Waals surface area contributed by atoms with Crippen molar-refractivity contribution in [3.8, 4) is 0 Å². The van der Waals surface area contributed by atoms with Gasteiger partial charge in [-0.05, 0) is 23.1 Å². The van der Waals surface area contributed by atoms with Gasteiger partial charge in [0, 0.05) is 19.1 Å². The zero-order valence-corrected chi connectivity index (χ0v) is 17.4. The number of hydrogen-bond acceptors (Lipinski definition) is 4. The molecule has 0 saturated heterocycles. The number of aliphatic hydroxyl groups excluding tert-OH is 1. The summed E-state index contributed by atoms with van der Waals surface area (Å²) in [6.45, 7) is 1.34. The fraction of sp³-hybridized carbons (Fsp3) is 0.269. The van der Waals surface area contributed by atoms with E-state index in [9.17, 15) is 9.90 Å². The van der Waals surface area contributed by atoms with Gasteiger partial charge in [-0.15, -0.1) is 0 Å². The van der Waals surface area contributed by atoms with Gasteiger partial charge in [-0.1, -0.05) is 91.0 Å². The van der Waals surface area contributed by atoms with Crippen molar-refractivity contribution in [2.24, 2.45) is 0 Å². The Labute approximate surface area is 178 Å². The second-order valence-electron chi connectivity index (χ2n) is 7.48. The minimum absolute atomic E-state index is 0.0337. The van der Waals surface area contributed by atoms with Crippen molar-refractivity contribution in [2.45, 2.75) is 38.1 Å². The number of carbonyl (C=O) groups excluding carboxylic acids is 1. The molecule has 0 saturated carbocycles. The lowest BCUT2D eigenvalue weighted by atomic mass is 9.96. The Morgan fingerprint density at radius 3 is 1.67 bits per heavy atom. The van der Waals surface area contributed by atoms with Crippen LogP contribution in [0.1, 0.15) is 23.1 Å². The topological polar surface area (TPSA) is 49.8 Å². The quantitative estimate of drug-likeness (QED) is 0.515. The molecule has 0 radical (unpaired) electrons. The van der Waals surface area contributed by atoms with Crippen LogP contribution in [-0.2, 0) is 29.0 Å². The summed E-state index contributed by atoms with van der Waals surface area (Å²) in [6, 6.07) is 30.3. The van der Waals surface area contributed by atoms with E-state index in [1.807, 2.05) is 54.6 Å². The van der Waals surface area contributed by atoms with Gasteiger partial charge >= 0.3 is 5.97 Å². The molecule has 1 N–H and O–H groups in total. The average Bonchev–Trinajstić information content (AvgIpc) is 2.79. The number of esters is 1. The highest BCUT2D eigenvalue weighted by Gasteiger charge is 2.29. The first-order chi connectivity index (χ1) is 14.7. The molecule has 3 aromatic rings. The monoisotopic (exact) mass is 403 g/mol. The van der Waals surface area contributed by atoms with Gasteiger partial charge in [0.1, 0.15) is 0 Å². The van der Waals surface area contributed by atoms with Crippen LogP contribution in [0.25, 0.3) is 0 Å². The zero-order valence-electron chi connectivity index (χ0n) is 17.4. The Kier molecular flexibility index (Phi) is 8.19. The van der Waals surface area contributed by atoms with Crippen molar-refractivity contribution < 1.29 is 14.6 Å². The SMILES string of the molecule is COC(=O)C[C@@H](O)[C@H](Cc1ccccc1)N(Cc1ccccc1)Cc1ccccc1. The largest absolute Gasteiger partial charge is 0.469 e. The summed E-state index contributed by atoms with van der Waals surface area (Å²) in [7, 11) is 1.35. The van der Waals surface area contributed by atoms with Gasteiger partial charge in [-0.3, -0.25) is 9.69 Å². The number of carbonyl (C=O) groups is 1. The molecule has 0 aromatic heterocycles. The molecule has 30 heavy (non-hydrogen) atoms. The van der Waals surface area contributed by atoms with Crippen molar-refractivity contribution in [1.82, 2.24) is 4.90 Å². The lowest BCUT2D eigenvalue weighted by molar-refractivity contribution is -0.144. The highest BCUT2D eigenvalue weighted by atomic mass is 16.5. The fourth-order valence-corrected chi connectivity index (χ4v) is 3.68. The molecule has 3 rings (SSSR count). The molecular formula is C26H29NO3. The van der Waals surface area contributed by atoms with Crippen LogP contribution >= 0.6 is 0 Å². The third-order valence-electron chi connectivity index (χ3n) is 5.26. The Hall–Kier alpha value is -2.95. The first kappa shape index (κ1) is 21.8. The minimum Gasteiger partial charge on any atom is -0.469 e. The van der Waals surface area contributed by atoms with E-state index in [1.54, 1.807) is 0 Å². The molecule has 0 unspecified atom stereocenters. The fourth-order valence-electron chi connectivity index (χ4n) is 3.68. The first-order valence-corrected chi connectivity index (χ1v) is 10.3. The molecule has 156 valence electrons. The summed E-state index contributed by atoms with van der Waals surface area (Å²) >= 11 is 0. The lowest BCUT2D eigenvalue weighted by Crippen LogP contribution is -2.45. The Bertz CT molecular complexity index is 842. The second-order valence-corrected chi connectivity index (χ2v) is 7.48. The summed E-state index contributed by atoms with van der Waals surface area (Å²) in [5.41, 5.74) is 3.45. The molecule has 3 aromatic carbocycles. The van der Waals surface area contributed by atoms with Crippen LogP contribution < -0.4 is 0 Å². The van der Waals surface area contributed by atoms with Gasteiger partial charge < -0.3 is 9.84 Å². The van der Waals surface area contributed by atoms with E-state index >= 15 is 0 Å². The molecular weight excluding hydrogens is 374 g/mol. The third kappa shape index (κ3) is 6.55. The van der Waals surface area contributed by atoms with E-state index in [4.69, 9.17) is 4.74 Å². The van der Waals surface area contributed by atoms with E-state index in [0.717, 1.165) is 16.7 Å². The maximum Gasteiger partial charge on any atom is 0.308 e. The minimum atomic E-state index is -0.843. The number of nitrogens with zero attached hydrogens (tertiary/aromatic N) is 1. The van der Waals surface area contributed by atoms with E-state index < -0.39 is 12.1 Å². The molecule has 0 fully saturated rings. The van der Waals surface area contributed by atoms with Gasteiger partial charge in [0.15, 0.2) is 0 Å². The number of benzene rings is 3. The zero-order chi connectivity index (χ0) is 21.2. The van der Waals surface area contributed by atoms with Crippen molar-refractivity contribution in [2.75, 3.05) is 7.11 Å².